The maximum absolute atomic E-state index is 13.0. The van der Waals surface area contributed by atoms with Crippen LogP contribution in [0.25, 0.3) is 0 Å². The van der Waals surface area contributed by atoms with Crippen LogP contribution in [0.2, 0.25) is 0 Å². The van der Waals surface area contributed by atoms with Crippen LogP contribution in [0.5, 0.6) is 5.75 Å². The van der Waals surface area contributed by atoms with Crippen LogP contribution in [-0.2, 0) is 16.1 Å². The van der Waals surface area contributed by atoms with Crippen LogP contribution in [0.1, 0.15) is 22.8 Å². The van der Waals surface area contributed by atoms with Gasteiger partial charge in [0, 0.05) is 5.56 Å². The minimum Gasteiger partial charge on any atom is -0.482 e. The first kappa shape index (κ1) is 15.7. The van der Waals surface area contributed by atoms with Crippen LogP contribution in [0, 0.1) is 5.82 Å². The van der Waals surface area contributed by atoms with Gasteiger partial charge in [0.2, 0.25) is 0 Å². The van der Waals surface area contributed by atoms with Gasteiger partial charge >= 0.3 is 5.97 Å². The normalized spacial score (nSPS) is 10.1. The number of rotatable bonds is 6. The van der Waals surface area contributed by atoms with Crippen LogP contribution in [-0.4, -0.2) is 18.4 Å². The largest absolute Gasteiger partial charge is 0.482 e. The molecule has 2 aromatic rings. The molecule has 0 heterocycles. The van der Waals surface area contributed by atoms with Gasteiger partial charge in [0.25, 0.3) is 0 Å². The summed E-state index contributed by atoms with van der Waals surface area (Å²) in [5, 5.41) is 0. The standard InChI is InChI=1S/C17H15FO4/c1-12(19)14-5-3-7-16(9-14)21-11-17(20)22-10-13-4-2-6-15(18)8-13/h2-9H,10-11H2,1H3. The van der Waals surface area contributed by atoms with E-state index in [9.17, 15) is 14.0 Å². The van der Waals surface area contributed by atoms with Crippen molar-refractivity contribution in [1.82, 2.24) is 0 Å². The highest BCUT2D eigenvalue weighted by Crippen LogP contribution is 2.14. The fourth-order valence-electron chi connectivity index (χ4n) is 1.78. The van der Waals surface area contributed by atoms with E-state index < -0.39 is 5.97 Å². The highest BCUT2D eigenvalue weighted by atomic mass is 19.1. The molecule has 0 unspecified atom stereocenters. The molecule has 0 radical (unpaired) electrons. The molecule has 0 aliphatic carbocycles. The fraction of sp³-hybridized carbons (Fsp3) is 0.176. The van der Waals surface area contributed by atoms with Crippen molar-refractivity contribution in [3.05, 3.63) is 65.5 Å². The molecule has 0 aromatic heterocycles. The van der Waals surface area contributed by atoms with Gasteiger partial charge in [0.1, 0.15) is 18.2 Å². The Hall–Kier alpha value is -2.69. The van der Waals surface area contributed by atoms with Gasteiger partial charge < -0.3 is 9.47 Å². The molecule has 0 atom stereocenters. The minimum atomic E-state index is -0.572. The predicted octanol–water partition coefficient (Wildman–Crippen LogP) is 3.15. The van der Waals surface area contributed by atoms with E-state index >= 15 is 0 Å². The Morgan fingerprint density at radius 1 is 1.09 bits per heavy atom. The van der Waals surface area contributed by atoms with Crippen LogP contribution in [0.4, 0.5) is 4.39 Å². The molecule has 0 fully saturated rings. The predicted molar refractivity (Wildman–Crippen MR) is 78.1 cm³/mol. The van der Waals surface area contributed by atoms with E-state index in [1.165, 1.54) is 19.1 Å². The number of halogens is 1. The van der Waals surface area contributed by atoms with Crippen molar-refractivity contribution in [2.24, 2.45) is 0 Å². The number of benzene rings is 2. The van der Waals surface area contributed by atoms with E-state index in [0.717, 1.165) is 0 Å². The van der Waals surface area contributed by atoms with Gasteiger partial charge in [-0.25, -0.2) is 9.18 Å². The lowest BCUT2D eigenvalue weighted by Crippen LogP contribution is -2.15. The number of carbonyl (C=O) groups excluding carboxylic acids is 2. The first-order chi connectivity index (χ1) is 10.5. The highest BCUT2D eigenvalue weighted by Gasteiger charge is 2.07. The van der Waals surface area contributed by atoms with Gasteiger partial charge in [0.15, 0.2) is 12.4 Å². The quantitative estimate of drug-likeness (QED) is 0.607. The maximum atomic E-state index is 13.0. The molecule has 0 spiro atoms. The minimum absolute atomic E-state index is 0.0204. The summed E-state index contributed by atoms with van der Waals surface area (Å²) in [6.07, 6.45) is 0. The van der Waals surface area contributed by atoms with Crippen molar-refractivity contribution in [1.29, 1.82) is 0 Å². The summed E-state index contributed by atoms with van der Waals surface area (Å²) in [6, 6.07) is 12.4. The molecule has 0 amide bonds. The lowest BCUT2D eigenvalue weighted by atomic mass is 10.1. The zero-order valence-electron chi connectivity index (χ0n) is 12.0. The number of esters is 1. The molecule has 0 aliphatic rings. The Morgan fingerprint density at radius 3 is 2.59 bits per heavy atom. The molecule has 0 saturated heterocycles. The summed E-state index contributed by atoms with van der Waals surface area (Å²) in [6.45, 7) is 1.15. The molecule has 0 aliphatic heterocycles. The molecular formula is C17H15FO4. The first-order valence-corrected chi connectivity index (χ1v) is 6.68. The molecule has 114 valence electrons. The van der Waals surface area contributed by atoms with E-state index in [2.05, 4.69) is 0 Å². The summed E-state index contributed by atoms with van der Waals surface area (Å²) in [5.41, 5.74) is 1.07. The van der Waals surface area contributed by atoms with Crippen molar-refractivity contribution in [2.45, 2.75) is 13.5 Å². The van der Waals surface area contributed by atoms with Crippen LogP contribution in [0.3, 0.4) is 0 Å². The number of carbonyl (C=O) groups is 2. The Kier molecular flexibility index (Phi) is 5.25. The van der Waals surface area contributed by atoms with Gasteiger partial charge in [-0.15, -0.1) is 0 Å². The molecule has 0 N–H and O–H groups in total. The number of hydrogen-bond acceptors (Lipinski definition) is 4. The molecule has 5 heteroatoms. The molecular weight excluding hydrogens is 287 g/mol. The average molecular weight is 302 g/mol. The SMILES string of the molecule is CC(=O)c1cccc(OCC(=O)OCc2cccc(F)c2)c1. The van der Waals surface area contributed by atoms with Gasteiger partial charge in [-0.2, -0.15) is 0 Å². The zero-order chi connectivity index (χ0) is 15.9. The second-order valence-electron chi connectivity index (χ2n) is 4.66. The molecule has 2 aromatic carbocycles. The smallest absolute Gasteiger partial charge is 0.344 e. The summed E-state index contributed by atoms with van der Waals surface area (Å²) in [5.74, 6) is -0.627. The Balaban J connectivity index is 1.83. The lowest BCUT2D eigenvalue weighted by Gasteiger charge is -2.08. The third-order valence-corrected chi connectivity index (χ3v) is 2.89. The molecule has 4 nitrogen and oxygen atoms in total. The number of ketones is 1. The Bertz CT molecular complexity index is 682. The van der Waals surface area contributed by atoms with Crippen molar-refractivity contribution < 1.29 is 23.5 Å². The van der Waals surface area contributed by atoms with E-state index in [1.54, 1.807) is 36.4 Å². The maximum Gasteiger partial charge on any atom is 0.344 e. The number of hydrogen-bond donors (Lipinski definition) is 0. The Labute approximate surface area is 127 Å². The third kappa shape index (κ3) is 4.70. The van der Waals surface area contributed by atoms with Crippen LogP contribution in [0.15, 0.2) is 48.5 Å². The van der Waals surface area contributed by atoms with Crippen molar-refractivity contribution in [3.8, 4) is 5.75 Å². The van der Waals surface area contributed by atoms with E-state index in [4.69, 9.17) is 9.47 Å². The lowest BCUT2D eigenvalue weighted by molar-refractivity contribution is -0.147. The van der Waals surface area contributed by atoms with E-state index in [-0.39, 0.29) is 24.8 Å². The molecule has 2 rings (SSSR count). The van der Waals surface area contributed by atoms with Gasteiger partial charge in [-0.3, -0.25) is 4.79 Å². The average Bonchev–Trinajstić information content (AvgIpc) is 2.51. The highest BCUT2D eigenvalue weighted by molar-refractivity contribution is 5.94. The Morgan fingerprint density at radius 2 is 1.86 bits per heavy atom. The van der Waals surface area contributed by atoms with Crippen molar-refractivity contribution in [3.63, 3.8) is 0 Å². The van der Waals surface area contributed by atoms with Gasteiger partial charge in [-0.05, 0) is 36.8 Å². The second-order valence-corrected chi connectivity index (χ2v) is 4.66. The van der Waals surface area contributed by atoms with E-state index in [0.29, 0.717) is 16.9 Å². The second kappa shape index (κ2) is 7.36. The number of Topliss-reactive ketones (excluding diaryl/α,β-unsaturated/α-hetero) is 1. The summed E-state index contributed by atoms with van der Waals surface area (Å²) in [7, 11) is 0. The van der Waals surface area contributed by atoms with E-state index in [1.807, 2.05) is 0 Å². The van der Waals surface area contributed by atoms with Crippen molar-refractivity contribution >= 4 is 11.8 Å². The zero-order valence-corrected chi connectivity index (χ0v) is 12.0. The monoisotopic (exact) mass is 302 g/mol. The van der Waals surface area contributed by atoms with Gasteiger partial charge in [-0.1, -0.05) is 24.3 Å². The summed E-state index contributed by atoms with van der Waals surface area (Å²) >= 11 is 0. The molecule has 0 bridgehead atoms. The molecule has 22 heavy (non-hydrogen) atoms. The first-order valence-electron chi connectivity index (χ1n) is 6.68. The topological polar surface area (TPSA) is 52.6 Å². The van der Waals surface area contributed by atoms with Crippen LogP contribution < -0.4 is 4.74 Å². The van der Waals surface area contributed by atoms with Gasteiger partial charge in [0.05, 0.1) is 0 Å². The van der Waals surface area contributed by atoms with Crippen molar-refractivity contribution in [2.75, 3.05) is 6.61 Å². The third-order valence-electron chi connectivity index (χ3n) is 2.89. The molecule has 0 saturated carbocycles. The summed E-state index contributed by atoms with van der Waals surface area (Å²) in [4.78, 5) is 22.8. The fourth-order valence-corrected chi connectivity index (χ4v) is 1.78. The van der Waals surface area contributed by atoms with Crippen LogP contribution >= 0.6 is 0 Å². The number of ether oxygens (including phenoxy) is 2. The summed E-state index contributed by atoms with van der Waals surface area (Å²) < 4.78 is 23.2.